The molecule has 17 heavy (non-hydrogen) atoms. The van der Waals surface area contributed by atoms with Crippen molar-refractivity contribution < 1.29 is 9.59 Å². The fraction of sp³-hybridized carbons (Fsp3) is 0.231. The van der Waals surface area contributed by atoms with Gasteiger partial charge in [0, 0.05) is 19.2 Å². The van der Waals surface area contributed by atoms with Gasteiger partial charge in [-0.2, -0.15) is 0 Å². The highest BCUT2D eigenvalue weighted by Crippen LogP contribution is 2.04. The second kappa shape index (κ2) is 6.48. The molecule has 2 N–H and O–H groups in total. The Balaban J connectivity index is 2.57. The Morgan fingerprint density at radius 1 is 1.24 bits per heavy atom. The van der Waals surface area contributed by atoms with E-state index >= 15 is 0 Å². The topological polar surface area (TPSA) is 58.2 Å². The molecule has 0 aliphatic rings. The predicted molar refractivity (Wildman–Crippen MR) is 66.5 cm³/mol. The normalized spacial score (nSPS) is 10.2. The molecule has 0 aliphatic heterocycles. The van der Waals surface area contributed by atoms with E-state index in [2.05, 4.69) is 10.6 Å². The number of hydrogen-bond donors (Lipinski definition) is 2. The van der Waals surface area contributed by atoms with Crippen LogP contribution in [-0.2, 0) is 11.3 Å². The Morgan fingerprint density at radius 3 is 2.41 bits per heavy atom. The summed E-state index contributed by atoms with van der Waals surface area (Å²) >= 11 is 0. The Kier molecular flexibility index (Phi) is 4.94. The smallest absolute Gasteiger partial charge is 0.251 e. The summed E-state index contributed by atoms with van der Waals surface area (Å²) in [5, 5.41) is 5.29. The highest BCUT2D eigenvalue weighted by molar-refractivity contribution is 5.94. The van der Waals surface area contributed by atoms with E-state index in [-0.39, 0.29) is 11.8 Å². The van der Waals surface area contributed by atoms with Crippen molar-refractivity contribution in [2.45, 2.75) is 13.5 Å². The molecule has 0 aliphatic carbocycles. The van der Waals surface area contributed by atoms with Gasteiger partial charge in [-0.3, -0.25) is 9.59 Å². The molecular weight excluding hydrogens is 216 g/mol. The first-order valence-corrected chi connectivity index (χ1v) is 5.39. The number of allylic oxidation sites excluding steroid dienone is 1. The first-order valence-electron chi connectivity index (χ1n) is 5.39. The molecule has 1 aromatic carbocycles. The average Bonchev–Trinajstić information content (AvgIpc) is 2.36. The zero-order chi connectivity index (χ0) is 12.7. The summed E-state index contributed by atoms with van der Waals surface area (Å²) in [5.41, 5.74) is 1.56. The van der Waals surface area contributed by atoms with Crippen LogP contribution in [0.15, 0.2) is 36.4 Å². The highest BCUT2D eigenvalue weighted by Gasteiger charge is 2.02. The number of rotatable bonds is 4. The monoisotopic (exact) mass is 232 g/mol. The fourth-order valence-electron chi connectivity index (χ4n) is 1.32. The van der Waals surface area contributed by atoms with Crippen LogP contribution in [0.1, 0.15) is 22.8 Å². The van der Waals surface area contributed by atoms with Crippen LogP contribution in [0, 0.1) is 0 Å². The SMILES string of the molecule is CC=CC(=O)NCc1ccc(C(=O)NC)cc1. The van der Waals surface area contributed by atoms with E-state index in [1.165, 1.54) is 6.08 Å². The zero-order valence-corrected chi connectivity index (χ0v) is 9.99. The standard InChI is InChI=1S/C13H16N2O2/c1-3-4-12(16)15-9-10-5-7-11(8-6-10)13(17)14-2/h3-8H,9H2,1-2H3,(H,14,17)(H,15,16). The van der Waals surface area contributed by atoms with Crippen LogP contribution in [0.3, 0.4) is 0 Å². The third-order valence-corrected chi connectivity index (χ3v) is 2.23. The van der Waals surface area contributed by atoms with E-state index in [1.807, 2.05) is 12.1 Å². The maximum absolute atomic E-state index is 11.3. The molecule has 0 unspecified atom stereocenters. The second-order valence-corrected chi connectivity index (χ2v) is 3.49. The highest BCUT2D eigenvalue weighted by atomic mass is 16.2. The molecule has 1 rings (SSSR count). The van der Waals surface area contributed by atoms with Crippen molar-refractivity contribution in [2.75, 3.05) is 7.05 Å². The van der Waals surface area contributed by atoms with Crippen molar-refractivity contribution in [2.24, 2.45) is 0 Å². The number of hydrogen-bond acceptors (Lipinski definition) is 2. The minimum atomic E-state index is -0.122. The van der Waals surface area contributed by atoms with Crippen LogP contribution in [0.4, 0.5) is 0 Å². The predicted octanol–water partition coefficient (Wildman–Crippen LogP) is 1.24. The van der Waals surface area contributed by atoms with E-state index in [1.54, 1.807) is 32.2 Å². The quantitative estimate of drug-likeness (QED) is 0.767. The molecular formula is C13H16N2O2. The van der Waals surface area contributed by atoms with Gasteiger partial charge in [0.2, 0.25) is 5.91 Å². The van der Waals surface area contributed by atoms with Crippen molar-refractivity contribution in [3.63, 3.8) is 0 Å². The molecule has 0 fully saturated rings. The molecule has 90 valence electrons. The van der Waals surface area contributed by atoms with Crippen molar-refractivity contribution >= 4 is 11.8 Å². The van der Waals surface area contributed by atoms with Gasteiger partial charge in [-0.25, -0.2) is 0 Å². The minimum absolute atomic E-state index is 0.116. The van der Waals surface area contributed by atoms with Gasteiger partial charge >= 0.3 is 0 Å². The van der Waals surface area contributed by atoms with E-state index < -0.39 is 0 Å². The Bertz CT molecular complexity index is 422. The third kappa shape index (κ3) is 4.10. The number of carbonyl (C=O) groups is 2. The second-order valence-electron chi connectivity index (χ2n) is 3.49. The van der Waals surface area contributed by atoms with E-state index in [0.29, 0.717) is 12.1 Å². The van der Waals surface area contributed by atoms with Gasteiger partial charge < -0.3 is 10.6 Å². The van der Waals surface area contributed by atoms with Crippen molar-refractivity contribution in [3.8, 4) is 0 Å². The van der Waals surface area contributed by atoms with Crippen molar-refractivity contribution in [1.82, 2.24) is 10.6 Å². The van der Waals surface area contributed by atoms with Gasteiger partial charge in [-0.15, -0.1) is 0 Å². The van der Waals surface area contributed by atoms with E-state index in [0.717, 1.165) is 5.56 Å². The maximum atomic E-state index is 11.3. The van der Waals surface area contributed by atoms with Gasteiger partial charge in [0.15, 0.2) is 0 Å². The minimum Gasteiger partial charge on any atom is -0.355 e. The molecule has 0 spiro atoms. The lowest BCUT2D eigenvalue weighted by Gasteiger charge is -2.04. The van der Waals surface area contributed by atoms with Crippen LogP contribution < -0.4 is 10.6 Å². The zero-order valence-electron chi connectivity index (χ0n) is 9.99. The average molecular weight is 232 g/mol. The Labute approximate surface area is 101 Å². The first kappa shape index (κ1) is 13.0. The molecule has 0 bridgehead atoms. The lowest BCUT2D eigenvalue weighted by atomic mass is 10.1. The van der Waals surface area contributed by atoms with Crippen molar-refractivity contribution in [3.05, 3.63) is 47.5 Å². The van der Waals surface area contributed by atoms with Crippen LogP contribution in [0.25, 0.3) is 0 Å². The first-order chi connectivity index (χ1) is 8.17. The summed E-state index contributed by atoms with van der Waals surface area (Å²) in [6.45, 7) is 2.24. The lowest BCUT2D eigenvalue weighted by Crippen LogP contribution is -2.20. The molecule has 0 saturated heterocycles. The van der Waals surface area contributed by atoms with Gasteiger partial charge in [-0.05, 0) is 30.7 Å². The largest absolute Gasteiger partial charge is 0.355 e. The fourth-order valence-corrected chi connectivity index (χ4v) is 1.32. The van der Waals surface area contributed by atoms with Crippen LogP contribution >= 0.6 is 0 Å². The Morgan fingerprint density at radius 2 is 1.88 bits per heavy atom. The molecule has 0 radical (unpaired) electrons. The molecule has 4 nitrogen and oxygen atoms in total. The molecule has 0 heterocycles. The van der Waals surface area contributed by atoms with Crippen molar-refractivity contribution in [1.29, 1.82) is 0 Å². The summed E-state index contributed by atoms with van der Waals surface area (Å²) in [6, 6.07) is 7.10. The summed E-state index contributed by atoms with van der Waals surface area (Å²) in [5.74, 6) is -0.239. The van der Waals surface area contributed by atoms with E-state index in [4.69, 9.17) is 0 Å². The number of amides is 2. The number of benzene rings is 1. The maximum Gasteiger partial charge on any atom is 0.251 e. The van der Waals surface area contributed by atoms with Gasteiger partial charge in [0.1, 0.15) is 0 Å². The van der Waals surface area contributed by atoms with Crippen LogP contribution in [0.5, 0.6) is 0 Å². The summed E-state index contributed by atoms with van der Waals surface area (Å²) in [4.78, 5) is 22.5. The molecule has 4 heteroatoms. The summed E-state index contributed by atoms with van der Waals surface area (Å²) < 4.78 is 0. The third-order valence-electron chi connectivity index (χ3n) is 2.23. The molecule has 0 saturated carbocycles. The van der Waals surface area contributed by atoms with Gasteiger partial charge in [0.05, 0.1) is 0 Å². The number of carbonyl (C=O) groups excluding carboxylic acids is 2. The van der Waals surface area contributed by atoms with Gasteiger partial charge in [0.25, 0.3) is 5.91 Å². The molecule has 1 aromatic rings. The molecule has 2 amide bonds. The van der Waals surface area contributed by atoms with E-state index in [9.17, 15) is 9.59 Å². The van der Waals surface area contributed by atoms with Gasteiger partial charge in [-0.1, -0.05) is 18.2 Å². The van der Waals surface area contributed by atoms with Crippen LogP contribution in [-0.4, -0.2) is 18.9 Å². The summed E-state index contributed by atoms with van der Waals surface area (Å²) in [6.07, 6.45) is 3.16. The molecule has 0 aromatic heterocycles. The lowest BCUT2D eigenvalue weighted by molar-refractivity contribution is -0.116. The van der Waals surface area contributed by atoms with Crippen LogP contribution in [0.2, 0.25) is 0 Å². The summed E-state index contributed by atoms with van der Waals surface area (Å²) in [7, 11) is 1.59. The Hall–Kier alpha value is -2.10. The molecule has 0 atom stereocenters. The number of nitrogens with one attached hydrogen (secondary N) is 2.